The molecule has 0 radical (unpaired) electrons. The molecule has 2 rings (SSSR count). The Balaban J connectivity index is 0.000000512. The summed E-state index contributed by atoms with van der Waals surface area (Å²) in [4.78, 5) is 13.4. The summed E-state index contributed by atoms with van der Waals surface area (Å²) in [6.45, 7) is 15.6. The van der Waals surface area contributed by atoms with Crippen LogP contribution in [0, 0.1) is 0 Å². The maximum atomic E-state index is 11.4. The van der Waals surface area contributed by atoms with Crippen molar-refractivity contribution in [1.82, 2.24) is 10.2 Å². The van der Waals surface area contributed by atoms with Crippen molar-refractivity contribution < 1.29 is 4.79 Å². The molecule has 1 fully saturated rings. The molecule has 1 saturated heterocycles. The first-order valence-corrected chi connectivity index (χ1v) is 11.0. The number of nitrogens with one attached hydrogen (secondary N) is 2. The van der Waals surface area contributed by atoms with Gasteiger partial charge in [0.1, 0.15) is 0 Å². The van der Waals surface area contributed by atoms with Crippen LogP contribution >= 0.6 is 11.6 Å². The molecule has 0 spiro atoms. The minimum Gasteiger partial charge on any atom is -0.383 e. The van der Waals surface area contributed by atoms with Crippen LogP contribution < -0.4 is 10.6 Å². The van der Waals surface area contributed by atoms with Gasteiger partial charge in [-0.05, 0) is 76.1 Å². The average molecular weight is 444 g/mol. The maximum absolute atomic E-state index is 11.4. The molecule has 2 atom stereocenters. The Morgan fingerprint density at radius 3 is 2.32 bits per heavy atom. The first-order chi connectivity index (χ1) is 14.5. The quantitative estimate of drug-likeness (QED) is 0.387. The Morgan fingerprint density at radius 1 is 1.26 bits per heavy atom. The summed E-state index contributed by atoms with van der Waals surface area (Å²) in [5.41, 5.74) is 3.67. The minimum absolute atomic E-state index is 0.0469. The van der Waals surface area contributed by atoms with Gasteiger partial charge in [-0.2, -0.15) is 0 Å². The summed E-state index contributed by atoms with van der Waals surface area (Å²) in [5.74, 6) is 0. The standard InChI is InChI=1S/C19H29N3O.C7H9Cl/c1-14-11-19(3,12-15(2)20-14)21-18-7-6-16(8-9-22(4)5)17(10-18)13-23;1-4-5-6(2)7(3)8/h6-10,13-15,20-21H,11-12H2,1-5H3;4-5H,1,3H2,2H3/b9-8-;6-5-. The summed E-state index contributed by atoms with van der Waals surface area (Å²) >= 11 is 5.50. The van der Waals surface area contributed by atoms with Crippen LogP contribution in [0.1, 0.15) is 56.5 Å². The van der Waals surface area contributed by atoms with Crippen molar-refractivity contribution in [3.05, 3.63) is 71.4 Å². The number of nitrogens with zero attached hydrogens (tertiary/aromatic N) is 1. The van der Waals surface area contributed by atoms with Gasteiger partial charge in [-0.3, -0.25) is 4.79 Å². The van der Waals surface area contributed by atoms with Crippen LogP contribution in [0.4, 0.5) is 5.69 Å². The van der Waals surface area contributed by atoms with E-state index >= 15 is 0 Å². The van der Waals surface area contributed by atoms with Crippen LogP contribution in [0.15, 0.2) is 60.3 Å². The number of halogens is 1. The third-order valence-corrected chi connectivity index (χ3v) is 5.39. The fourth-order valence-corrected chi connectivity index (χ4v) is 3.95. The number of hydrogen-bond donors (Lipinski definition) is 2. The van der Waals surface area contributed by atoms with E-state index < -0.39 is 0 Å². The molecule has 1 aromatic carbocycles. The predicted octanol–water partition coefficient (Wildman–Crippen LogP) is 6.23. The monoisotopic (exact) mass is 443 g/mol. The number of allylic oxidation sites excluding steroid dienone is 4. The predicted molar refractivity (Wildman–Crippen MR) is 137 cm³/mol. The van der Waals surface area contributed by atoms with Crippen molar-refractivity contribution in [2.24, 2.45) is 0 Å². The molecule has 2 N–H and O–H groups in total. The molecule has 0 aromatic heterocycles. The molecule has 0 aliphatic carbocycles. The fraction of sp³-hybridized carbons (Fsp3) is 0.423. The van der Waals surface area contributed by atoms with Gasteiger partial charge < -0.3 is 15.5 Å². The number of anilines is 1. The van der Waals surface area contributed by atoms with Crippen molar-refractivity contribution in [2.45, 2.75) is 58.2 Å². The molecule has 1 aromatic rings. The van der Waals surface area contributed by atoms with E-state index in [4.69, 9.17) is 11.6 Å². The molecule has 5 heteroatoms. The summed E-state index contributed by atoms with van der Waals surface area (Å²) < 4.78 is 0. The molecule has 1 aliphatic rings. The van der Waals surface area contributed by atoms with E-state index in [9.17, 15) is 4.79 Å². The molecule has 31 heavy (non-hydrogen) atoms. The lowest BCUT2D eigenvalue weighted by Crippen LogP contribution is -2.53. The molecular formula is C26H38ClN3O. The summed E-state index contributed by atoms with van der Waals surface area (Å²) in [6, 6.07) is 6.99. The largest absolute Gasteiger partial charge is 0.383 e. The lowest BCUT2D eigenvalue weighted by Gasteiger charge is -2.42. The second-order valence-corrected chi connectivity index (χ2v) is 9.25. The van der Waals surface area contributed by atoms with Crippen LogP contribution in [0.3, 0.4) is 0 Å². The van der Waals surface area contributed by atoms with E-state index in [0.717, 1.165) is 36.0 Å². The highest BCUT2D eigenvalue weighted by molar-refractivity contribution is 6.31. The summed E-state index contributed by atoms with van der Waals surface area (Å²) in [5, 5.41) is 7.79. The highest BCUT2D eigenvalue weighted by Gasteiger charge is 2.33. The first kappa shape index (κ1) is 26.7. The van der Waals surface area contributed by atoms with Crippen LogP contribution in [0.5, 0.6) is 0 Å². The molecular weight excluding hydrogens is 406 g/mol. The van der Waals surface area contributed by atoms with E-state index in [2.05, 4.69) is 50.6 Å². The third kappa shape index (κ3) is 9.58. The number of carbonyl (C=O) groups excluding carboxylic acids is 1. The molecule has 1 heterocycles. The molecule has 0 amide bonds. The van der Waals surface area contributed by atoms with E-state index in [1.165, 1.54) is 0 Å². The molecule has 2 unspecified atom stereocenters. The van der Waals surface area contributed by atoms with Crippen molar-refractivity contribution >= 4 is 29.7 Å². The Kier molecular flexibility index (Phi) is 10.8. The smallest absolute Gasteiger partial charge is 0.150 e. The molecule has 170 valence electrons. The van der Waals surface area contributed by atoms with Gasteiger partial charge in [0.25, 0.3) is 0 Å². The maximum Gasteiger partial charge on any atom is 0.150 e. The molecule has 1 aliphatic heterocycles. The lowest BCUT2D eigenvalue weighted by molar-refractivity contribution is 0.112. The molecule has 0 saturated carbocycles. The van der Waals surface area contributed by atoms with Crippen molar-refractivity contribution in [3.63, 3.8) is 0 Å². The summed E-state index contributed by atoms with van der Waals surface area (Å²) in [6.07, 6.45) is 10.5. The van der Waals surface area contributed by atoms with E-state index in [-0.39, 0.29) is 5.54 Å². The normalized spacial score (nSPS) is 23.5. The van der Waals surface area contributed by atoms with Crippen LogP contribution in [-0.4, -0.2) is 42.9 Å². The van der Waals surface area contributed by atoms with Crippen molar-refractivity contribution in [2.75, 3.05) is 19.4 Å². The second kappa shape index (κ2) is 12.5. The zero-order chi connectivity index (χ0) is 23.6. The molecule has 4 nitrogen and oxygen atoms in total. The van der Waals surface area contributed by atoms with Gasteiger partial charge in [-0.1, -0.05) is 43.0 Å². The highest BCUT2D eigenvalue weighted by Crippen LogP contribution is 2.29. The first-order valence-electron chi connectivity index (χ1n) is 10.6. The van der Waals surface area contributed by atoms with Gasteiger partial charge in [0, 0.05) is 48.0 Å². The van der Waals surface area contributed by atoms with Gasteiger partial charge in [-0.25, -0.2) is 0 Å². The van der Waals surface area contributed by atoms with Crippen LogP contribution in [0.2, 0.25) is 0 Å². The van der Waals surface area contributed by atoms with Gasteiger partial charge in [0.2, 0.25) is 0 Å². The summed E-state index contributed by atoms with van der Waals surface area (Å²) in [7, 11) is 3.93. The zero-order valence-corrected chi connectivity index (χ0v) is 20.6. The average Bonchev–Trinajstić information content (AvgIpc) is 2.65. The number of rotatable bonds is 7. The zero-order valence-electron chi connectivity index (χ0n) is 19.8. The Bertz CT molecular complexity index is 816. The number of aldehydes is 1. The minimum atomic E-state index is 0.0469. The van der Waals surface area contributed by atoms with Crippen molar-refractivity contribution in [3.8, 4) is 0 Å². The van der Waals surface area contributed by atoms with Crippen molar-refractivity contribution in [1.29, 1.82) is 0 Å². The highest BCUT2D eigenvalue weighted by atomic mass is 35.5. The van der Waals surface area contributed by atoms with E-state index in [0.29, 0.717) is 22.7 Å². The number of piperidine rings is 1. The van der Waals surface area contributed by atoms with Gasteiger partial charge >= 0.3 is 0 Å². The SMILES string of the molecule is C=C/C=C(/C)C(=C)Cl.CC1CC(C)(Nc2ccc(/C=C\N(C)C)c(C=O)c2)CC(C)N1. The topological polar surface area (TPSA) is 44.4 Å². The fourth-order valence-electron chi connectivity index (χ4n) is 3.89. The molecule has 0 bridgehead atoms. The van der Waals surface area contributed by atoms with E-state index in [1.807, 2.05) is 56.4 Å². The van der Waals surface area contributed by atoms with Gasteiger partial charge in [0.05, 0.1) is 0 Å². The lowest BCUT2D eigenvalue weighted by atomic mass is 9.82. The number of carbonyl (C=O) groups is 1. The second-order valence-electron chi connectivity index (χ2n) is 8.79. The Labute approximate surface area is 193 Å². The van der Waals surface area contributed by atoms with E-state index in [1.54, 1.807) is 6.08 Å². The van der Waals surface area contributed by atoms with Crippen LogP contribution in [-0.2, 0) is 0 Å². The van der Waals surface area contributed by atoms with Gasteiger partial charge in [0.15, 0.2) is 6.29 Å². The number of benzene rings is 1. The van der Waals surface area contributed by atoms with Crippen LogP contribution in [0.25, 0.3) is 6.08 Å². The number of hydrogen-bond acceptors (Lipinski definition) is 4. The third-order valence-electron chi connectivity index (χ3n) is 5.09. The Hall–Kier alpha value is -2.30. The van der Waals surface area contributed by atoms with Gasteiger partial charge in [-0.15, -0.1) is 0 Å². The Morgan fingerprint density at radius 2 is 1.87 bits per heavy atom.